The summed E-state index contributed by atoms with van der Waals surface area (Å²) in [7, 11) is 1.49. The van der Waals surface area contributed by atoms with Crippen LogP contribution in [-0.4, -0.2) is 40.8 Å². The van der Waals surface area contributed by atoms with Gasteiger partial charge in [0.1, 0.15) is 6.61 Å². The van der Waals surface area contributed by atoms with Crippen molar-refractivity contribution < 1.29 is 29.0 Å². The van der Waals surface area contributed by atoms with Crippen LogP contribution in [0.2, 0.25) is 0 Å². The van der Waals surface area contributed by atoms with Gasteiger partial charge in [0.05, 0.1) is 24.1 Å². The molecule has 0 spiro atoms. The highest BCUT2D eigenvalue weighted by Crippen LogP contribution is 2.34. The lowest BCUT2D eigenvalue weighted by molar-refractivity contribution is -0.122. The van der Waals surface area contributed by atoms with E-state index in [1.165, 1.54) is 19.2 Å². The number of aromatic carboxylic acids is 1. The molecule has 0 radical (unpaired) electrons. The zero-order chi connectivity index (χ0) is 21.7. The van der Waals surface area contributed by atoms with Crippen LogP contribution < -0.4 is 9.47 Å². The van der Waals surface area contributed by atoms with E-state index in [4.69, 9.17) is 21.0 Å². The van der Waals surface area contributed by atoms with Gasteiger partial charge in [-0.15, -0.1) is 6.42 Å². The van der Waals surface area contributed by atoms with E-state index < -0.39 is 17.1 Å². The Hall–Kier alpha value is -3.70. The number of imide groups is 1. The number of terminal acetylenes is 1. The lowest BCUT2D eigenvalue weighted by atomic mass is 10.1. The quantitative estimate of drug-likeness (QED) is 0.537. The van der Waals surface area contributed by atoms with Gasteiger partial charge >= 0.3 is 5.97 Å². The number of carboxylic acid groups (broad SMARTS) is 1. The van der Waals surface area contributed by atoms with Crippen molar-refractivity contribution in [3.63, 3.8) is 0 Å². The van der Waals surface area contributed by atoms with E-state index in [1.54, 1.807) is 36.4 Å². The van der Waals surface area contributed by atoms with Crippen molar-refractivity contribution in [3.8, 4) is 23.8 Å². The summed E-state index contributed by atoms with van der Waals surface area (Å²) in [6.45, 7) is 0.159. The van der Waals surface area contributed by atoms with Gasteiger partial charge in [-0.05, 0) is 53.2 Å². The fourth-order valence-electron chi connectivity index (χ4n) is 2.68. The Morgan fingerprint density at radius 2 is 1.93 bits per heavy atom. The Balaban J connectivity index is 1.73. The molecule has 2 aromatic rings. The van der Waals surface area contributed by atoms with E-state index >= 15 is 0 Å². The molecule has 2 aromatic carbocycles. The minimum absolute atomic E-state index is 0.0639. The first kappa shape index (κ1) is 21.0. The van der Waals surface area contributed by atoms with Crippen LogP contribution in [0, 0.1) is 12.3 Å². The lowest BCUT2D eigenvalue weighted by Gasteiger charge is -2.12. The maximum atomic E-state index is 12.3. The van der Waals surface area contributed by atoms with Crippen LogP contribution in [0.5, 0.6) is 11.5 Å². The normalized spacial score (nSPS) is 14.7. The molecule has 0 aliphatic carbocycles. The van der Waals surface area contributed by atoms with Crippen LogP contribution in [0.25, 0.3) is 6.08 Å². The molecule has 0 saturated carbocycles. The summed E-state index contributed by atoms with van der Waals surface area (Å²) in [6.07, 6.45) is 6.79. The van der Waals surface area contributed by atoms with E-state index in [2.05, 4.69) is 5.92 Å². The Labute approximate surface area is 177 Å². The first-order chi connectivity index (χ1) is 14.4. The monoisotopic (exact) mass is 423 g/mol. The number of methoxy groups -OCH3 is 1. The molecule has 1 aliphatic rings. The number of rotatable bonds is 7. The van der Waals surface area contributed by atoms with E-state index in [9.17, 15) is 14.4 Å². The molecule has 0 unspecified atom stereocenters. The number of hydrogen-bond acceptors (Lipinski definition) is 6. The SMILES string of the molecule is C#CCN1C(=O)S/C(=C\c2ccc(OCc3ccc(C(=O)O)cc3)c(OC)c2)C1=O. The topological polar surface area (TPSA) is 93.1 Å². The molecule has 30 heavy (non-hydrogen) atoms. The second-order valence-corrected chi connectivity index (χ2v) is 7.17. The molecular formula is C22H17NO6S. The highest BCUT2D eigenvalue weighted by Gasteiger charge is 2.34. The van der Waals surface area contributed by atoms with Gasteiger partial charge in [-0.1, -0.05) is 24.1 Å². The first-order valence-electron chi connectivity index (χ1n) is 8.75. The Bertz CT molecular complexity index is 1070. The van der Waals surface area contributed by atoms with Gasteiger partial charge in [-0.3, -0.25) is 14.5 Å². The molecule has 2 amide bonds. The summed E-state index contributed by atoms with van der Waals surface area (Å²) < 4.78 is 11.1. The van der Waals surface area contributed by atoms with Crippen molar-refractivity contribution in [3.05, 3.63) is 64.1 Å². The summed E-state index contributed by atoms with van der Waals surface area (Å²) in [5.74, 6) is 1.82. The largest absolute Gasteiger partial charge is 0.493 e. The molecule has 7 nitrogen and oxygen atoms in total. The van der Waals surface area contributed by atoms with Crippen molar-refractivity contribution in [2.45, 2.75) is 6.61 Å². The van der Waals surface area contributed by atoms with E-state index in [1.807, 2.05) is 0 Å². The molecule has 0 aromatic heterocycles. The fourth-order valence-corrected chi connectivity index (χ4v) is 3.52. The van der Waals surface area contributed by atoms with Gasteiger partial charge in [0.15, 0.2) is 11.5 Å². The van der Waals surface area contributed by atoms with Crippen LogP contribution in [-0.2, 0) is 11.4 Å². The second kappa shape index (κ2) is 9.20. The van der Waals surface area contributed by atoms with Gasteiger partial charge in [-0.2, -0.15) is 0 Å². The van der Waals surface area contributed by atoms with Gasteiger partial charge in [0.2, 0.25) is 0 Å². The molecule has 3 rings (SSSR count). The van der Waals surface area contributed by atoms with Crippen molar-refractivity contribution in [1.82, 2.24) is 4.90 Å². The highest BCUT2D eigenvalue weighted by atomic mass is 32.2. The predicted octanol–water partition coefficient (Wildman–Crippen LogP) is 3.64. The molecule has 1 saturated heterocycles. The summed E-state index contributed by atoms with van der Waals surface area (Å²) in [4.78, 5) is 36.4. The van der Waals surface area contributed by atoms with Crippen LogP contribution in [0.1, 0.15) is 21.5 Å². The standard InChI is InChI=1S/C22H17NO6S/c1-3-10-23-20(24)19(30-22(23)27)12-15-6-9-17(18(11-15)28-2)29-13-14-4-7-16(8-5-14)21(25)26/h1,4-9,11-12H,10,13H2,2H3,(H,25,26)/b19-12-. The van der Waals surface area contributed by atoms with Gasteiger partial charge in [0.25, 0.3) is 11.1 Å². The molecule has 1 fully saturated rings. The van der Waals surface area contributed by atoms with Crippen molar-refractivity contribution in [1.29, 1.82) is 0 Å². The molecular weight excluding hydrogens is 406 g/mol. The summed E-state index contributed by atoms with van der Waals surface area (Å²) in [5.41, 5.74) is 1.66. The van der Waals surface area contributed by atoms with E-state index in [0.717, 1.165) is 22.2 Å². The third-order valence-electron chi connectivity index (χ3n) is 4.20. The molecule has 8 heteroatoms. The van der Waals surface area contributed by atoms with Crippen LogP contribution in [0.15, 0.2) is 47.4 Å². The first-order valence-corrected chi connectivity index (χ1v) is 9.56. The van der Waals surface area contributed by atoms with Gasteiger partial charge in [-0.25, -0.2) is 4.79 Å². The molecule has 1 heterocycles. The number of carbonyl (C=O) groups is 3. The Morgan fingerprint density at radius 1 is 1.20 bits per heavy atom. The second-order valence-electron chi connectivity index (χ2n) is 6.17. The molecule has 152 valence electrons. The zero-order valence-electron chi connectivity index (χ0n) is 16.0. The summed E-state index contributed by atoms with van der Waals surface area (Å²) in [5, 5.41) is 8.55. The fraction of sp³-hybridized carbons (Fsp3) is 0.136. The van der Waals surface area contributed by atoms with Crippen molar-refractivity contribution in [2.24, 2.45) is 0 Å². The van der Waals surface area contributed by atoms with Crippen LogP contribution >= 0.6 is 11.8 Å². The Kier molecular flexibility index (Phi) is 6.45. The minimum atomic E-state index is -0.989. The summed E-state index contributed by atoms with van der Waals surface area (Å²) in [6, 6.07) is 11.5. The summed E-state index contributed by atoms with van der Waals surface area (Å²) >= 11 is 0.834. The average molecular weight is 423 g/mol. The molecule has 0 atom stereocenters. The number of benzene rings is 2. The molecule has 1 N–H and O–H groups in total. The average Bonchev–Trinajstić information content (AvgIpc) is 3.00. The van der Waals surface area contributed by atoms with E-state index in [-0.39, 0.29) is 23.6 Å². The Morgan fingerprint density at radius 3 is 2.57 bits per heavy atom. The third kappa shape index (κ3) is 4.64. The number of carboxylic acids is 1. The van der Waals surface area contributed by atoms with Crippen LogP contribution in [0.3, 0.4) is 0 Å². The van der Waals surface area contributed by atoms with Gasteiger partial charge < -0.3 is 14.6 Å². The number of nitrogens with zero attached hydrogens (tertiary/aromatic N) is 1. The molecule has 1 aliphatic heterocycles. The third-order valence-corrected chi connectivity index (χ3v) is 5.11. The number of thioether (sulfide) groups is 1. The smallest absolute Gasteiger partial charge is 0.335 e. The number of amides is 2. The van der Waals surface area contributed by atoms with E-state index in [0.29, 0.717) is 17.1 Å². The van der Waals surface area contributed by atoms with Crippen LogP contribution in [0.4, 0.5) is 4.79 Å². The minimum Gasteiger partial charge on any atom is -0.493 e. The maximum absolute atomic E-state index is 12.3. The number of ether oxygens (including phenoxy) is 2. The molecule has 0 bridgehead atoms. The highest BCUT2D eigenvalue weighted by molar-refractivity contribution is 8.18. The number of carbonyl (C=O) groups excluding carboxylic acids is 2. The zero-order valence-corrected chi connectivity index (χ0v) is 16.8. The predicted molar refractivity (Wildman–Crippen MR) is 112 cm³/mol. The van der Waals surface area contributed by atoms with Crippen molar-refractivity contribution >= 4 is 35.0 Å². The lowest BCUT2D eigenvalue weighted by Crippen LogP contribution is -2.28. The number of hydrogen-bond donors (Lipinski definition) is 1. The van der Waals surface area contributed by atoms with Crippen molar-refractivity contribution in [2.75, 3.05) is 13.7 Å². The van der Waals surface area contributed by atoms with Gasteiger partial charge in [0, 0.05) is 0 Å². The maximum Gasteiger partial charge on any atom is 0.335 e.